The minimum atomic E-state index is -5.08. The quantitative estimate of drug-likeness (QED) is 0.753. The Morgan fingerprint density at radius 2 is 1.82 bits per heavy atom. The van der Waals surface area contributed by atoms with Gasteiger partial charge in [-0.1, -0.05) is 12.1 Å². The van der Waals surface area contributed by atoms with Crippen LogP contribution in [0.3, 0.4) is 0 Å². The number of carbonyl (C=O) groups excluding carboxylic acids is 1. The lowest BCUT2D eigenvalue weighted by atomic mass is 10.2. The molecule has 1 heterocycles. The number of ether oxygens (including phenoxy) is 1. The molecule has 0 aromatic heterocycles. The molecule has 0 aliphatic carbocycles. The van der Waals surface area contributed by atoms with Crippen molar-refractivity contribution in [2.45, 2.75) is 24.1 Å². The summed E-state index contributed by atoms with van der Waals surface area (Å²) in [4.78, 5) is 12.2. The van der Waals surface area contributed by atoms with E-state index in [1.54, 1.807) is 0 Å². The molecule has 1 aliphatic rings. The number of halogens is 4. The van der Waals surface area contributed by atoms with Crippen molar-refractivity contribution in [1.29, 1.82) is 0 Å². The second-order valence-corrected chi connectivity index (χ2v) is 7.57. The molecule has 1 N–H and O–H groups in total. The van der Waals surface area contributed by atoms with E-state index in [1.165, 1.54) is 29.2 Å². The molecular formula is C17H14F4N2O4S. The number of rotatable bonds is 5. The monoisotopic (exact) mass is 418 g/mol. The average molecular weight is 418 g/mol. The number of alkyl halides is 3. The van der Waals surface area contributed by atoms with Crippen LogP contribution in [0.1, 0.15) is 12.8 Å². The normalized spacial score (nSPS) is 15.0. The molecule has 2 aromatic carbocycles. The molecule has 2 aromatic rings. The van der Waals surface area contributed by atoms with Crippen LogP contribution in [0.4, 0.5) is 28.9 Å². The molecular weight excluding hydrogens is 404 g/mol. The number of amides is 1. The Morgan fingerprint density at radius 1 is 1.11 bits per heavy atom. The Bertz CT molecular complexity index is 1010. The predicted octanol–water partition coefficient (Wildman–Crippen LogP) is 3.65. The predicted molar refractivity (Wildman–Crippen MR) is 91.9 cm³/mol. The van der Waals surface area contributed by atoms with Crippen LogP contribution in [0.2, 0.25) is 0 Å². The summed E-state index contributed by atoms with van der Waals surface area (Å²) in [6.45, 7) is 0.350. The van der Waals surface area contributed by atoms with Crippen LogP contribution in [0.5, 0.6) is 5.75 Å². The van der Waals surface area contributed by atoms with Gasteiger partial charge in [-0.15, -0.1) is 13.2 Å². The van der Waals surface area contributed by atoms with E-state index in [0.29, 0.717) is 19.4 Å². The molecule has 0 bridgehead atoms. The summed E-state index contributed by atoms with van der Waals surface area (Å²) in [5.41, 5.74) is -0.207. The van der Waals surface area contributed by atoms with Gasteiger partial charge in [0.2, 0.25) is 5.91 Å². The third-order valence-corrected chi connectivity index (χ3v) is 5.35. The molecule has 3 rings (SSSR count). The van der Waals surface area contributed by atoms with Crippen molar-refractivity contribution in [1.82, 2.24) is 0 Å². The number of anilines is 2. The summed E-state index contributed by atoms with van der Waals surface area (Å²) in [6, 6.07) is 7.48. The number of sulfonamides is 1. The number of benzene rings is 2. The number of nitrogens with zero attached hydrogens (tertiary/aromatic N) is 1. The van der Waals surface area contributed by atoms with E-state index in [0.717, 1.165) is 18.2 Å². The molecule has 1 aliphatic heterocycles. The van der Waals surface area contributed by atoms with Crippen molar-refractivity contribution >= 4 is 27.3 Å². The summed E-state index contributed by atoms with van der Waals surface area (Å²) in [6.07, 6.45) is -4.20. The van der Waals surface area contributed by atoms with Crippen LogP contribution in [-0.2, 0) is 14.8 Å². The lowest BCUT2D eigenvalue weighted by Gasteiger charge is -2.18. The van der Waals surface area contributed by atoms with Crippen molar-refractivity contribution in [3.05, 3.63) is 48.3 Å². The highest BCUT2D eigenvalue weighted by molar-refractivity contribution is 7.92. The van der Waals surface area contributed by atoms with E-state index < -0.39 is 32.8 Å². The van der Waals surface area contributed by atoms with Crippen LogP contribution < -0.4 is 14.4 Å². The fourth-order valence-electron chi connectivity index (χ4n) is 2.78. The Labute approximate surface area is 157 Å². The second-order valence-electron chi connectivity index (χ2n) is 5.92. The summed E-state index contributed by atoms with van der Waals surface area (Å²) in [5, 5.41) is 0. The molecule has 6 nitrogen and oxygen atoms in total. The zero-order valence-corrected chi connectivity index (χ0v) is 15.0. The first-order valence-electron chi connectivity index (χ1n) is 8.04. The number of carbonyl (C=O) groups is 1. The minimum absolute atomic E-state index is 0.00579. The molecule has 0 atom stereocenters. The summed E-state index contributed by atoms with van der Waals surface area (Å²) in [7, 11) is -4.50. The topological polar surface area (TPSA) is 75.7 Å². The SMILES string of the molecule is O=C1CCCN1c1ccc(NS(=O)(=O)c2ccccc2OC(F)(F)F)cc1F. The van der Waals surface area contributed by atoms with E-state index in [-0.39, 0.29) is 17.3 Å². The molecule has 1 saturated heterocycles. The molecule has 1 fully saturated rings. The molecule has 0 unspecified atom stereocenters. The maximum absolute atomic E-state index is 14.4. The fraction of sp³-hybridized carbons (Fsp3) is 0.235. The van der Waals surface area contributed by atoms with Gasteiger partial charge in [0.1, 0.15) is 16.5 Å². The fourth-order valence-corrected chi connectivity index (χ4v) is 3.96. The van der Waals surface area contributed by atoms with Gasteiger partial charge in [-0.3, -0.25) is 9.52 Å². The number of para-hydroxylation sites is 1. The van der Waals surface area contributed by atoms with Gasteiger partial charge in [0.15, 0.2) is 0 Å². The largest absolute Gasteiger partial charge is 0.573 e. The first-order valence-corrected chi connectivity index (χ1v) is 9.53. The Morgan fingerprint density at radius 3 is 2.43 bits per heavy atom. The van der Waals surface area contributed by atoms with Crippen LogP contribution in [0.25, 0.3) is 0 Å². The van der Waals surface area contributed by atoms with Crippen molar-refractivity contribution in [3.8, 4) is 5.75 Å². The Hall–Kier alpha value is -2.82. The number of hydrogen-bond acceptors (Lipinski definition) is 4. The van der Waals surface area contributed by atoms with Crippen molar-refractivity contribution in [2.24, 2.45) is 0 Å². The van der Waals surface area contributed by atoms with Crippen LogP contribution in [-0.4, -0.2) is 27.2 Å². The first-order chi connectivity index (χ1) is 13.1. The Balaban J connectivity index is 1.87. The molecule has 0 spiro atoms. The molecule has 28 heavy (non-hydrogen) atoms. The second kappa shape index (κ2) is 7.30. The summed E-state index contributed by atoms with van der Waals surface area (Å²) in [5.74, 6) is -2.00. The number of hydrogen-bond donors (Lipinski definition) is 1. The molecule has 150 valence electrons. The average Bonchev–Trinajstić information content (AvgIpc) is 2.99. The van der Waals surface area contributed by atoms with Crippen LogP contribution in [0, 0.1) is 5.82 Å². The highest BCUT2D eigenvalue weighted by Crippen LogP contribution is 2.32. The van der Waals surface area contributed by atoms with E-state index >= 15 is 0 Å². The summed E-state index contributed by atoms with van der Waals surface area (Å²) < 4.78 is 82.5. The lowest BCUT2D eigenvalue weighted by molar-refractivity contribution is -0.275. The van der Waals surface area contributed by atoms with Crippen LogP contribution >= 0.6 is 0 Å². The molecule has 0 radical (unpaired) electrons. The van der Waals surface area contributed by atoms with Gasteiger partial charge in [0.25, 0.3) is 10.0 Å². The highest BCUT2D eigenvalue weighted by Gasteiger charge is 2.34. The first kappa shape index (κ1) is 19.9. The van der Waals surface area contributed by atoms with Gasteiger partial charge >= 0.3 is 6.36 Å². The van der Waals surface area contributed by atoms with Gasteiger partial charge in [-0.25, -0.2) is 12.8 Å². The van der Waals surface area contributed by atoms with Crippen molar-refractivity contribution in [3.63, 3.8) is 0 Å². The smallest absolute Gasteiger partial charge is 0.404 e. The third-order valence-electron chi connectivity index (χ3n) is 3.93. The van der Waals surface area contributed by atoms with Gasteiger partial charge in [0, 0.05) is 19.0 Å². The highest BCUT2D eigenvalue weighted by atomic mass is 32.2. The summed E-state index contributed by atoms with van der Waals surface area (Å²) >= 11 is 0. The van der Waals surface area contributed by atoms with E-state index in [9.17, 15) is 30.8 Å². The third kappa shape index (κ3) is 4.35. The maximum Gasteiger partial charge on any atom is 0.573 e. The van der Waals surface area contributed by atoms with Crippen LogP contribution in [0.15, 0.2) is 47.4 Å². The van der Waals surface area contributed by atoms with E-state index in [1.807, 2.05) is 4.72 Å². The number of nitrogens with one attached hydrogen (secondary N) is 1. The standard InChI is InChI=1S/C17H14F4N2O4S/c18-12-10-11(7-8-13(12)23-9-3-6-16(23)24)22-28(25,26)15-5-2-1-4-14(15)27-17(19,20)21/h1-2,4-5,7-8,10,22H,3,6,9H2. The lowest BCUT2D eigenvalue weighted by Crippen LogP contribution is -2.25. The molecule has 11 heteroatoms. The minimum Gasteiger partial charge on any atom is -0.404 e. The molecule has 1 amide bonds. The van der Waals surface area contributed by atoms with Crippen molar-refractivity contribution < 1.29 is 35.5 Å². The van der Waals surface area contributed by atoms with E-state index in [2.05, 4.69) is 4.74 Å². The van der Waals surface area contributed by atoms with Gasteiger partial charge < -0.3 is 9.64 Å². The Kier molecular flexibility index (Phi) is 5.20. The molecule has 0 saturated carbocycles. The van der Waals surface area contributed by atoms with Crippen molar-refractivity contribution in [2.75, 3.05) is 16.2 Å². The van der Waals surface area contributed by atoms with E-state index in [4.69, 9.17) is 0 Å². The van der Waals surface area contributed by atoms with Gasteiger partial charge in [-0.2, -0.15) is 0 Å². The zero-order chi connectivity index (χ0) is 20.5. The van der Waals surface area contributed by atoms with Gasteiger partial charge in [-0.05, 0) is 30.7 Å². The van der Waals surface area contributed by atoms with Gasteiger partial charge in [0.05, 0.1) is 11.4 Å². The zero-order valence-electron chi connectivity index (χ0n) is 14.2. The maximum atomic E-state index is 14.4.